The normalized spacial score (nSPS) is 20.0. The molecule has 0 spiro atoms. The number of sulfone groups is 1. The lowest BCUT2D eigenvalue weighted by atomic mass is 9.93. The highest BCUT2D eigenvalue weighted by Crippen LogP contribution is 2.28. The molecule has 182 valence electrons. The Morgan fingerprint density at radius 3 is 2.32 bits per heavy atom. The monoisotopic (exact) mass is 487 g/mol. The molecule has 2 aliphatic rings. The van der Waals surface area contributed by atoms with E-state index in [-0.39, 0.29) is 41.9 Å². The van der Waals surface area contributed by atoms with E-state index in [0.29, 0.717) is 23.4 Å². The second-order valence-corrected chi connectivity index (χ2v) is 11.2. The van der Waals surface area contributed by atoms with Gasteiger partial charge in [-0.1, -0.05) is 31.4 Å². The maximum absolute atomic E-state index is 13.4. The van der Waals surface area contributed by atoms with Gasteiger partial charge in [0, 0.05) is 23.5 Å². The van der Waals surface area contributed by atoms with Crippen LogP contribution >= 0.6 is 0 Å². The molecule has 1 saturated heterocycles. The van der Waals surface area contributed by atoms with Crippen LogP contribution in [0.2, 0.25) is 0 Å². The molecule has 1 saturated carbocycles. The maximum Gasteiger partial charge on any atom is 0.257 e. The van der Waals surface area contributed by atoms with E-state index in [2.05, 4.69) is 10.6 Å². The van der Waals surface area contributed by atoms with Gasteiger partial charge in [0.1, 0.15) is 5.82 Å². The van der Waals surface area contributed by atoms with Gasteiger partial charge in [-0.15, -0.1) is 0 Å². The largest absolute Gasteiger partial charge is 0.376 e. The second-order valence-electron chi connectivity index (χ2n) is 9.01. The number of amides is 2. The summed E-state index contributed by atoms with van der Waals surface area (Å²) >= 11 is 0. The van der Waals surface area contributed by atoms with E-state index in [1.54, 1.807) is 29.2 Å². The van der Waals surface area contributed by atoms with Crippen molar-refractivity contribution in [1.29, 1.82) is 0 Å². The van der Waals surface area contributed by atoms with Crippen molar-refractivity contribution in [2.24, 2.45) is 0 Å². The summed E-state index contributed by atoms with van der Waals surface area (Å²) in [6.07, 6.45) is 5.46. The molecule has 2 fully saturated rings. The number of carbonyl (C=O) groups is 2. The van der Waals surface area contributed by atoms with Crippen LogP contribution in [0.15, 0.2) is 48.5 Å². The van der Waals surface area contributed by atoms with E-state index in [1.165, 1.54) is 24.3 Å². The molecule has 34 heavy (non-hydrogen) atoms. The summed E-state index contributed by atoms with van der Waals surface area (Å²) in [7, 11) is -3.12. The van der Waals surface area contributed by atoms with Gasteiger partial charge in [-0.25, -0.2) is 12.8 Å². The van der Waals surface area contributed by atoms with Gasteiger partial charge in [-0.3, -0.25) is 9.59 Å². The lowest BCUT2D eigenvalue weighted by molar-refractivity contribution is -0.134. The van der Waals surface area contributed by atoms with Crippen molar-refractivity contribution in [3.63, 3.8) is 0 Å². The van der Waals surface area contributed by atoms with Crippen LogP contribution < -0.4 is 10.6 Å². The lowest BCUT2D eigenvalue weighted by Crippen LogP contribution is -2.50. The molecular weight excluding hydrogens is 457 g/mol. The zero-order chi connectivity index (χ0) is 24.1. The van der Waals surface area contributed by atoms with Gasteiger partial charge in [0.2, 0.25) is 5.91 Å². The zero-order valence-electron chi connectivity index (χ0n) is 19.0. The molecule has 2 amide bonds. The fourth-order valence-corrected chi connectivity index (χ4v) is 6.60. The maximum atomic E-state index is 13.4. The van der Waals surface area contributed by atoms with Gasteiger partial charge >= 0.3 is 0 Å². The molecule has 1 atom stereocenters. The summed E-state index contributed by atoms with van der Waals surface area (Å²) in [6, 6.07) is 12.1. The van der Waals surface area contributed by atoms with Crippen LogP contribution in [0.1, 0.15) is 48.9 Å². The van der Waals surface area contributed by atoms with Crippen molar-refractivity contribution in [3.05, 3.63) is 59.9 Å². The lowest BCUT2D eigenvalue weighted by Gasteiger charge is -2.38. The second kappa shape index (κ2) is 10.5. The highest BCUT2D eigenvalue weighted by molar-refractivity contribution is 7.91. The quantitative estimate of drug-likeness (QED) is 0.619. The molecule has 2 aromatic carbocycles. The third-order valence-corrected chi connectivity index (χ3v) is 8.31. The molecule has 4 rings (SSSR count). The molecule has 2 N–H and O–H groups in total. The number of anilines is 2. The van der Waals surface area contributed by atoms with Crippen LogP contribution in [-0.4, -0.2) is 55.3 Å². The fourth-order valence-electron chi connectivity index (χ4n) is 4.89. The Morgan fingerprint density at radius 2 is 1.65 bits per heavy atom. The molecule has 0 aromatic heterocycles. The van der Waals surface area contributed by atoms with E-state index in [0.717, 1.165) is 32.1 Å². The van der Waals surface area contributed by atoms with Crippen molar-refractivity contribution in [3.8, 4) is 0 Å². The Balaban J connectivity index is 1.46. The number of nitrogens with zero attached hydrogens (tertiary/aromatic N) is 1. The Labute approximate surface area is 199 Å². The van der Waals surface area contributed by atoms with Crippen LogP contribution in [0.25, 0.3) is 0 Å². The minimum Gasteiger partial charge on any atom is -0.376 e. The first kappa shape index (κ1) is 24.2. The molecule has 1 heterocycles. The third-order valence-electron chi connectivity index (χ3n) is 6.56. The van der Waals surface area contributed by atoms with Crippen LogP contribution in [-0.2, 0) is 14.6 Å². The predicted molar refractivity (Wildman–Crippen MR) is 130 cm³/mol. The first-order valence-electron chi connectivity index (χ1n) is 11.7. The van der Waals surface area contributed by atoms with Crippen molar-refractivity contribution < 1.29 is 22.4 Å². The summed E-state index contributed by atoms with van der Waals surface area (Å²) < 4.78 is 37.3. The van der Waals surface area contributed by atoms with Gasteiger partial charge in [0.05, 0.1) is 23.6 Å². The summed E-state index contributed by atoms with van der Waals surface area (Å²) in [5, 5.41) is 5.83. The third kappa shape index (κ3) is 5.94. The van der Waals surface area contributed by atoms with Crippen molar-refractivity contribution in [2.75, 3.05) is 28.7 Å². The summed E-state index contributed by atoms with van der Waals surface area (Å²) in [5.41, 5.74) is 1.31. The Morgan fingerprint density at radius 1 is 0.941 bits per heavy atom. The standard InChI is InChI=1S/C25H30FN3O4S/c26-18-10-12-19(13-11-18)28-25(31)22-8-4-5-9-23(22)27-16-24(30)29(20-6-2-1-3-7-20)21-14-15-34(32,33)17-21/h4-5,8-13,20-21,27H,1-3,6-7,14-17H2,(H,28,31). The van der Waals surface area contributed by atoms with Gasteiger partial charge in [0.25, 0.3) is 5.91 Å². The molecule has 0 radical (unpaired) electrons. The molecule has 9 heteroatoms. The summed E-state index contributed by atoms with van der Waals surface area (Å²) in [6.45, 7) is -0.0338. The van der Waals surface area contributed by atoms with E-state index in [9.17, 15) is 22.4 Å². The first-order chi connectivity index (χ1) is 16.3. The SMILES string of the molecule is O=C(Nc1ccc(F)cc1)c1ccccc1NCC(=O)N(C1CCCCC1)C1CCS(=O)(=O)C1. The molecule has 1 aliphatic carbocycles. The number of rotatable bonds is 7. The van der Waals surface area contributed by atoms with Crippen molar-refractivity contribution in [2.45, 2.75) is 50.6 Å². The highest BCUT2D eigenvalue weighted by atomic mass is 32.2. The average Bonchev–Trinajstić information content (AvgIpc) is 3.19. The molecule has 1 aliphatic heterocycles. The van der Waals surface area contributed by atoms with Gasteiger partial charge in [-0.05, 0) is 55.7 Å². The topological polar surface area (TPSA) is 95.6 Å². The number of halogens is 1. The van der Waals surface area contributed by atoms with Crippen LogP contribution in [0.5, 0.6) is 0 Å². The number of benzene rings is 2. The van der Waals surface area contributed by atoms with Crippen molar-refractivity contribution in [1.82, 2.24) is 4.90 Å². The highest BCUT2D eigenvalue weighted by Gasteiger charge is 2.38. The summed E-state index contributed by atoms with van der Waals surface area (Å²) in [4.78, 5) is 28.0. The number of para-hydroxylation sites is 1. The number of hydrogen-bond acceptors (Lipinski definition) is 5. The first-order valence-corrected chi connectivity index (χ1v) is 13.6. The number of nitrogens with one attached hydrogen (secondary N) is 2. The van der Waals surface area contributed by atoms with Gasteiger partial charge in [-0.2, -0.15) is 0 Å². The predicted octanol–water partition coefficient (Wildman–Crippen LogP) is 3.84. The van der Waals surface area contributed by atoms with E-state index in [4.69, 9.17) is 0 Å². The van der Waals surface area contributed by atoms with Crippen molar-refractivity contribution >= 4 is 33.0 Å². The Bertz CT molecular complexity index is 1130. The Kier molecular flexibility index (Phi) is 7.50. The van der Waals surface area contributed by atoms with Crippen LogP contribution in [0.3, 0.4) is 0 Å². The van der Waals surface area contributed by atoms with E-state index >= 15 is 0 Å². The zero-order valence-corrected chi connectivity index (χ0v) is 19.8. The minimum absolute atomic E-state index is 0.0197. The van der Waals surface area contributed by atoms with Crippen LogP contribution in [0, 0.1) is 5.82 Å². The van der Waals surface area contributed by atoms with E-state index < -0.39 is 15.7 Å². The van der Waals surface area contributed by atoms with Crippen LogP contribution in [0.4, 0.5) is 15.8 Å². The molecule has 7 nitrogen and oxygen atoms in total. The molecule has 1 unspecified atom stereocenters. The minimum atomic E-state index is -3.12. The number of carbonyl (C=O) groups excluding carboxylic acids is 2. The molecule has 2 aromatic rings. The smallest absolute Gasteiger partial charge is 0.257 e. The summed E-state index contributed by atoms with van der Waals surface area (Å²) in [5.74, 6) is -0.785. The number of hydrogen-bond donors (Lipinski definition) is 2. The van der Waals surface area contributed by atoms with Gasteiger partial charge < -0.3 is 15.5 Å². The molecule has 0 bridgehead atoms. The molecular formula is C25H30FN3O4S. The van der Waals surface area contributed by atoms with Gasteiger partial charge in [0.15, 0.2) is 9.84 Å². The average molecular weight is 488 g/mol. The van der Waals surface area contributed by atoms with E-state index in [1.807, 2.05) is 0 Å². The fraction of sp³-hybridized carbons (Fsp3) is 0.440. The Hall–Kier alpha value is -2.94.